The van der Waals surface area contributed by atoms with Gasteiger partial charge in [-0.05, 0) is 37.1 Å². The molecule has 0 saturated carbocycles. The molecule has 0 aliphatic rings. The molecule has 0 radical (unpaired) electrons. The summed E-state index contributed by atoms with van der Waals surface area (Å²) in [5, 5.41) is 2.12. The summed E-state index contributed by atoms with van der Waals surface area (Å²) < 4.78 is 6.65. The minimum absolute atomic E-state index is 0.189. The zero-order valence-corrected chi connectivity index (χ0v) is 17.5. The molecule has 7 heteroatoms. The van der Waals surface area contributed by atoms with Crippen LogP contribution in [0.1, 0.15) is 31.1 Å². The molecule has 0 atom stereocenters. The Kier molecular flexibility index (Phi) is 3.96. The highest BCUT2D eigenvalue weighted by Crippen LogP contribution is 2.21. The minimum Gasteiger partial charge on any atom is -0.312 e. The maximum absolute atomic E-state index is 13.5. The van der Waals surface area contributed by atoms with Gasteiger partial charge in [-0.2, -0.15) is 4.98 Å². The van der Waals surface area contributed by atoms with E-state index in [1.165, 1.54) is 9.13 Å². The first kappa shape index (κ1) is 18.4. The molecule has 7 nitrogen and oxygen atoms in total. The van der Waals surface area contributed by atoms with Crippen molar-refractivity contribution in [3.8, 4) is 0 Å². The lowest BCUT2D eigenvalue weighted by atomic mass is 10.0. The molecule has 0 fully saturated rings. The topological polar surface area (TPSA) is 66.2 Å². The molecule has 0 bridgehead atoms. The molecule has 0 spiro atoms. The number of hydrogen-bond acceptors (Lipinski definition) is 3. The van der Waals surface area contributed by atoms with E-state index in [4.69, 9.17) is 0 Å². The minimum atomic E-state index is -0.367. The van der Waals surface area contributed by atoms with Crippen molar-refractivity contribution in [1.82, 2.24) is 23.1 Å². The van der Waals surface area contributed by atoms with E-state index in [0.717, 1.165) is 22.0 Å². The molecule has 0 aliphatic heterocycles. The van der Waals surface area contributed by atoms with E-state index in [0.29, 0.717) is 16.9 Å². The van der Waals surface area contributed by atoms with E-state index >= 15 is 0 Å². The van der Waals surface area contributed by atoms with Gasteiger partial charge in [0.1, 0.15) is 0 Å². The van der Waals surface area contributed by atoms with Crippen LogP contribution in [0.15, 0.2) is 58.3 Å². The average Bonchev–Trinajstić information content (AvgIpc) is 3.24. The summed E-state index contributed by atoms with van der Waals surface area (Å²) in [5.41, 5.74) is 2.09. The van der Waals surface area contributed by atoms with Crippen molar-refractivity contribution in [3.63, 3.8) is 0 Å². The molecule has 152 valence electrons. The fraction of sp³-hybridized carbons (Fsp3) is 0.261. The lowest BCUT2D eigenvalue weighted by Gasteiger charge is -2.10. The Labute approximate surface area is 172 Å². The second-order valence-electron chi connectivity index (χ2n) is 8.06. The fourth-order valence-electron chi connectivity index (χ4n) is 4.41. The fourth-order valence-corrected chi connectivity index (χ4v) is 4.41. The third-order valence-corrected chi connectivity index (χ3v) is 5.79. The zero-order valence-electron chi connectivity index (χ0n) is 17.5. The number of imidazole rings is 2. The smallest absolute Gasteiger partial charge is 0.312 e. The number of rotatable bonds is 3. The highest BCUT2D eigenvalue weighted by atomic mass is 16.2. The van der Waals surface area contributed by atoms with Crippen molar-refractivity contribution in [2.24, 2.45) is 7.05 Å². The van der Waals surface area contributed by atoms with Gasteiger partial charge in [-0.1, -0.05) is 42.5 Å². The number of fused-ring (bicyclic) bond motifs is 4. The normalized spacial score (nSPS) is 12.0. The van der Waals surface area contributed by atoms with Gasteiger partial charge in [-0.15, -0.1) is 0 Å². The van der Waals surface area contributed by atoms with E-state index in [2.05, 4.69) is 23.4 Å². The molecule has 3 heterocycles. The maximum atomic E-state index is 13.5. The number of hydrogen-bond donors (Lipinski definition) is 0. The Bertz CT molecular complexity index is 1560. The number of aryl methyl sites for hydroxylation is 2. The Morgan fingerprint density at radius 1 is 1.03 bits per heavy atom. The number of benzene rings is 2. The van der Waals surface area contributed by atoms with Gasteiger partial charge in [0.2, 0.25) is 5.78 Å². The standard InChI is InChI=1S/C23H23N5O2/c1-14(2)28-15(3)12-26-19-20(24-22(26)28)25(4)23(30)27(21(19)29)13-17-10-7-9-16-8-5-6-11-18(16)17/h5-12,14H,13H2,1-4H3. The quantitative estimate of drug-likeness (QED) is 0.466. The molecule has 0 N–H and O–H groups in total. The summed E-state index contributed by atoms with van der Waals surface area (Å²) in [6.45, 7) is 6.35. The van der Waals surface area contributed by atoms with Crippen LogP contribution < -0.4 is 11.2 Å². The Balaban J connectivity index is 1.81. The molecule has 30 heavy (non-hydrogen) atoms. The predicted molar refractivity (Wildman–Crippen MR) is 118 cm³/mol. The van der Waals surface area contributed by atoms with Crippen LogP contribution >= 0.6 is 0 Å². The Morgan fingerprint density at radius 3 is 2.53 bits per heavy atom. The van der Waals surface area contributed by atoms with Gasteiger partial charge >= 0.3 is 5.69 Å². The Morgan fingerprint density at radius 2 is 1.77 bits per heavy atom. The summed E-state index contributed by atoms with van der Waals surface area (Å²) in [4.78, 5) is 31.2. The van der Waals surface area contributed by atoms with E-state index in [1.807, 2.05) is 60.0 Å². The average molecular weight is 401 g/mol. The lowest BCUT2D eigenvalue weighted by Crippen LogP contribution is -2.39. The summed E-state index contributed by atoms with van der Waals surface area (Å²) in [6.07, 6.45) is 1.92. The van der Waals surface area contributed by atoms with E-state index in [-0.39, 0.29) is 23.8 Å². The molecule has 0 aliphatic carbocycles. The van der Waals surface area contributed by atoms with E-state index in [9.17, 15) is 9.59 Å². The van der Waals surface area contributed by atoms with Crippen LogP contribution in [0.25, 0.3) is 27.7 Å². The lowest BCUT2D eigenvalue weighted by molar-refractivity contribution is 0.601. The largest absolute Gasteiger partial charge is 0.332 e. The van der Waals surface area contributed by atoms with Crippen LogP contribution in [-0.4, -0.2) is 23.1 Å². The van der Waals surface area contributed by atoms with Crippen molar-refractivity contribution in [2.45, 2.75) is 33.4 Å². The highest BCUT2D eigenvalue weighted by Gasteiger charge is 2.21. The van der Waals surface area contributed by atoms with Crippen LogP contribution in [-0.2, 0) is 13.6 Å². The van der Waals surface area contributed by atoms with Crippen molar-refractivity contribution < 1.29 is 0 Å². The van der Waals surface area contributed by atoms with Crippen LogP contribution in [0, 0.1) is 6.92 Å². The van der Waals surface area contributed by atoms with Crippen molar-refractivity contribution in [1.29, 1.82) is 0 Å². The second kappa shape index (κ2) is 6.45. The van der Waals surface area contributed by atoms with E-state index in [1.54, 1.807) is 7.05 Å². The van der Waals surface area contributed by atoms with E-state index < -0.39 is 0 Å². The monoisotopic (exact) mass is 401 g/mol. The third-order valence-electron chi connectivity index (χ3n) is 5.79. The highest BCUT2D eigenvalue weighted by molar-refractivity contribution is 5.85. The Hall–Kier alpha value is -3.61. The van der Waals surface area contributed by atoms with Crippen LogP contribution in [0.5, 0.6) is 0 Å². The summed E-state index contributed by atoms with van der Waals surface area (Å²) >= 11 is 0. The first-order valence-electron chi connectivity index (χ1n) is 10.0. The molecule has 3 aromatic heterocycles. The number of aromatic nitrogens is 5. The molecular formula is C23H23N5O2. The molecule has 0 unspecified atom stereocenters. The van der Waals surface area contributed by atoms with Gasteiger partial charge in [-0.25, -0.2) is 4.79 Å². The van der Waals surface area contributed by atoms with Crippen LogP contribution in [0.3, 0.4) is 0 Å². The SMILES string of the molecule is Cc1cn2c3c(=O)n(Cc4cccc5ccccc45)c(=O)n(C)c3nc2n1C(C)C. The maximum Gasteiger partial charge on any atom is 0.332 e. The van der Waals surface area contributed by atoms with Gasteiger partial charge in [0.05, 0.1) is 6.54 Å². The van der Waals surface area contributed by atoms with Crippen molar-refractivity contribution in [3.05, 3.63) is 80.8 Å². The van der Waals surface area contributed by atoms with Gasteiger partial charge in [0, 0.05) is 25.0 Å². The van der Waals surface area contributed by atoms with Crippen LogP contribution in [0.2, 0.25) is 0 Å². The van der Waals surface area contributed by atoms with Crippen molar-refractivity contribution >= 4 is 27.7 Å². The van der Waals surface area contributed by atoms with Gasteiger partial charge < -0.3 is 4.57 Å². The molecule has 5 aromatic rings. The molecule has 2 aromatic carbocycles. The molecular weight excluding hydrogens is 378 g/mol. The van der Waals surface area contributed by atoms with Gasteiger partial charge in [-0.3, -0.25) is 18.3 Å². The molecule has 0 amide bonds. The zero-order chi connectivity index (χ0) is 21.2. The summed E-state index contributed by atoms with van der Waals surface area (Å²) in [7, 11) is 1.67. The second-order valence-corrected chi connectivity index (χ2v) is 8.06. The van der Waals surface area contributed by atoms with Crippen LogP contribution in [0.4, 0.5) is 0 Å². The molecule has 0 saturated heterocycles. The predicted octanol–water partition coefficient (Wildman–Crippen LogP) is 3.24. The van der Waals surface area contributed by atoms with Gasteiger partial charge in [0.25, 0.3) is 5.56 Å². The summed E-state index contributed by atoms with van der Waals surface area (Å²) in [5.74, 6) is 0.674. The third kappa shape index (κ3) is 2.48. The van der Waals surface area contributed by atoms with Gasteiger partial charge in [0.15, 0.2) is 11.2 Å². The molecule has 5 rings (SSSR count). The van der Waals surface area contributed by atoms with Crippen molar-refractivity contribution in [2.75, 3.05) is 0 Å². The first-order valence-corrected chi connectivity index (χ1v) is 10.0. The first-order chi connectivity index (χ1) is 14.4. The summed E-state index contributed by atoms with van der Waals surface area (Å²) in [6, 6.07) is 14.1. The number of nitrogens with zero attached hydrogens (tertiary/aromatic N) is 5.